The van der Waals surface area contributed by atoms with Gasteiger partial charge in [0.1, 0.15) is 13.2 Å². The van der Waals surface area contributed by atoms with Crippen LogP contribution in [0.5, 0.6) is 11.5 Å². The highest BCUT2D eigenvalue weighted by Gasteiger charge is 2.12. The zero-order valence-electron chi connectivity index (χ0n) is 10.5. The van der Waals surface area contributed by atoms with Crippen molar-refractivity contribution in [3.63, 3.8) is 0 Å². The van der Waals surface area contributed by atoms with Gasteiger partial charge >= 0.3 is 0 Å². The van der Waals surface area contributed by atoms with Crippen molar-refractivity contribution in [3.05, 3.63) is 48.0 Å². The van der Waals surface area contributed by atoms with Gasteiger partial charge in [-0.3, -0.25) is 0 Å². The number of hydrogen-bond donors (Lipinski definition) is 1. The van der Waals surface area contributed by atoms with Crippen molar-refractivity contribution in [2.75, 3.05) is 13.2 Å². The average Bonchev–Trinajstić information content (AvgIpc) is 2.47. The zero-order chi connectivity index (χ0) is 13.1. The van der Waals surface area contributed by atoms with Crippen molar-refractivity contribution in [2.45, 2.75) is 16.3 Å². The normalized spacial score (nSPS) is 13.3. The Morgan fingerprint density at radius 2 is 1.74 bits per heavy atom. The van der Waals surface area contributed by atoms with Crippen molar-refractivity contribution in [1.82, 2.24) is 0 Å². The van der Waals surface area contributed by atoms with Gasteiger partial charge in [-0.2, -0.15) is 0 Å². The first kappa shape index (κ1) is 12.4. The lowest BCUT2D eigenvalue weighted by Crippen LogP contribution is -2.15. The van der Waals surface area contributed by atoms with Gasteiger partial charge in [0, 0.05) is 16.3 Å². The molecule has 98 valence electrons. The molecule has 1 aliphatic heterocycles. The van der Waals surface area contributed by atoms with Crippen molar-refractivity contribution >= 4 is 11.8 Å². The fourth-order valence-electron chi connectivity index (χ4n) is 1.96. The monoisotopic (exact) mass is 273 g/mol. The van der Waals surface area contributed by atoms with Crippen molar-refractivity contribution in [3.8, 4) is 11.5 Å². The highest BCUT2D eigenvalue weighted by atomic mass is 32.2. The first-order valence-electron chi connectivity index (χ1n) is 6.22. The Kier molecular flexibility index (Phi) is 3.62. The molecule has 0 radical (unpaired) electrons. The molecule has 0 atom stereocenters. The molecule has 2 aromatic carbocycles. The predicted molar refractivity (Wildman–Crippen MR) is 75.9 cm³/mol. The van der Waals surface area contributed by atoms with Gasteiger partial charge in [0.2, 0.25) is 0 Å². The molecule has 3 nitrogen and oxygen atoms in total. The maximum absolute atomic E-state index is 5.66. The van der Waals surface area contributed by atoms with Gasteiger partial charge < -0.3 is 15.2 Å². The van der Waals surface area contributed by atoms with Crippen LogP contribution in [0.1, 0.15) is 5.56 Å². The van der Waals surface area contributed by atoms with E-state index in [1.165, 1.54) is 4.90 Å². The SMILES string of the molecule is NCc1cccc(Sc2ccc3c(c2)OCCO3)c1. The highest BCUT2D eigenvalue weighted by Crippen LogP contribution is 2.36. The predicted octanol–water partition coefficient (Wildman–Crippen LogP) is 3.07. The maximum atomic E-state index is 5.66. The fourth-order valence-corrected chi connectivity index (χ4v) is 2.89. The molecular formula is C15H15NO2S. The largest absolute Gasteiger partial charge is 0.486 e. The van der Waals surface area contributed by atoms with Crippen LogP contribution in [0.2, 0.25) is 0 Å². The molecule has 0 saturated heterocycles. The molecule has 0 aliphatic carbocycles. The smallest absolute Gasteiger partial charge is 0.162 e. The van der Waals surface area contributed by atoms with Gasteiger partial charge in [-0.1, -0.05) is 23.9 Å². The maximum Gasteiger partial charge on any atom is 0.162 e. The third-order valence-corrected chi connectivity index (χ3v) is 3.86. The van der Waals surface area contributed by atoms with Crippen LogP contribution in [-0.4, -0.2) is 13.2 Å². The molecule has 1 aliphatic rings. The number of nitrogens with two attached hydrogens (primary N) is 1. The molecule has 0 amide bonds. The molecule has 2 N–H and O–H groups in total. The van der Waals surface area contributed by atoms with E-state index in [4.69, 9.17) is 15.2 Å². The molecular weight excluding hydrogens is 258 g/mol. The van der Waals surface area contributed by atoms with Crippen LogP contribution in [0.15, 0.2) is 52.3 Å². The first-order valence-corrected chi connectivity index (χ1v) is 7.03. The summed E-state index contributed by atoms with van der Waals surface area (Å²) in [6.45, 7) is 1.80. The van der Waals surface area contributed by atoms with Gasteiger partial charge in [-0.25, -0.2) is 0 Å². The van der Waals surface area contributed by atoms with Crippen LogP contribution in [0.3, 0.4) is 0 Å². The second-order valence-corrected chi connectivity index (χ2v) is 5.41. The summed E-state index contributed by atoms with van der Waals surface area (Å²) >= 11 is 1.70. The van der Waals surface area contributed by atoms with Crippen LogP contribution >= 0.6 is 11.8 Å². The lowest BCUT2D eigenvalue weighted by atomic mass is 10.2. The average molecular weight is 273 g/mol. The molecule has 3 rings (SSSR count). The van der Waals surface area contributed by atoms with E-state index in [0.717, 1.165) is 22.0 Å². The molecule has 0 fully saturated rings. The molecule has 0 bridgehead atoms. The highest BCUT2D eigenvalue weighted by molar-refractivity contribution is 7.99. The Bertz CT molecular complexity index is 586. The third kappa shape index (κ3) is 2.85. The Morgan fingerprint density at radius 1 is 0.947 bits per heavy atom. The quantitative estimate of drug-likeness (QED) is 0.933. The van der Waals surface area contributed by atoms with Crippen LogP contribution in [0.4, 0.5) is 0 Å². The van der Waals surface area contributed by atoms with E-state index in [0.29, 0.717) is 19.8 Å². The molecule has 1 heterocycles. The van der Waals surface area contributed by atoms with E-state index < -0.39 is 0 Å². The van der Waals surface area contributed by atoms with E-state index in [9.17, 15) is 0 Å². The number of rotatable bonds is 3. The lowest BCUT2D eigenvalue weighted by Gasteiger charge is -2.18. The zero-order valence-corrected chi connectivity index (χ0v) is 11.3. The molecule has 2 aromatic rings. The minimum Gasteiger partial charge on any atom is -0.486 e. The summed E-state index contributed by atoms with van der Waals surface area (Å²) in [4.78, 5) is 2.32. The van der Waals surface area contributed by atoms with Gasteiger partial charge in [-0.15, -0.1) is 0 Å². The van der Waals surface area contributed by atoms with Crippen molar-refractivity contribution < 1.29 is 9.47 Å². The molecule has 0 aromatic heterocycles. The van der Waals surface area contributed by atoms with E-state index in [2.05, 4.69) is 12.1 Å². The number of hydrogen-bond acceptors (Lipinski definition) is 4. The van der Waals surface area contributed by atoms with E-state index in [1.807, 2.05) is 30.3 Å². The Labute approximate surface area is 116 Å². The molecule has 0 saturated carbocycles. The lowest BCUT2D eigenvalue weighted by molar-refractivity contribution is 0.171. The second kappa shape index (κ2) is 5.55. The number of ether oxygens (including phenoxy) is 2. The van der Waals surface area contributed by atoms with Gasteiger partial charge in [0.25, 0.3) is 0 Å². The molecule has 4 heteroatoms. The number of benzene rings is 2. The minimum absolute atomic E-state index is 0.565. The van der Waals surface area contributed by atoms with Crippen LogP contribution in [0, 0.1) is 0 Å². The van der Waals surface area contributed by atoms with Crippen molar-refractivity contribution in [1.29, 1.82) is 0 Å². The topological polar surface area (TPSA) is 44.5 Å². The third-order valence-electron chi connectivity index (χ3n) is 2.88. The standard InChI is InChI=1S/C15H15NO2S/c16-10-11-2-1-3-12(8-11)19-13-4-5-14-15(9-13)18-7-6-17-14/h1-5,8-9H,6-7,10,16H2. The van der Waals surface area contributed by atoms with Gasteiger partial charge in [0.15, 0.2) is 11.5 Å². The molecule has 0 unspecified atom stereocenters. The summed E-state index contributed by atoms with van der Waals surface area (Å²) in [6.07, 6.45) is 0. The van der Waals surface area contributed by atoms with Gasteiger partial charge in [0.05, 0.1) is 0 Å². The number of fused-ring (bicyclic) bond motifs is 1. The Morgan fingerprint density at radius 3 is 2.58 bits per heavy atom. The summed E-state index contributed by atoms with van der Waals surface area (Å²) in [5, 5.41) is 0. The van der Waals surface area contributed by atoms with Crippen LogP contribution in [-0.2, 0) is 6.54 Å². The molecule has 0 spiro atoms. The molecule has 19 heavy (non-hydrogen) atoms. The summed E-state index contributed by atoms with van der Waals surface area (Å²) < 4.78 is 11.1. The van der Waals surface area contributed by atoms with Crippen molar-refractivity contribution in [2.24, 2.45) is 5.73 Å². The van der Waals surface area contributed by atoms with Crippen LogP contribution < -0.4 is 15.2 Å². The summed E-state index contributed by atoms with van der Waals surface area (Å²) in [5.74, 6) is 1.65. The first-order chi connectivity index (χ1) is 9.35. The fraction of sp³-hybridized carbons (Fsp3) is 0.200. The summed E-state index contributed by atoms with van der Waals surface area (Å²) in [6, 6.07) is 14.3. The summed E-state index contributed by atoms with van der Waals surface area (Å²) in [5.41, 5.74) is 6.80. The van der Waals surface area contributed by atoms with E-state index >= 15 is 0 Å². The van der Waals surface area contributed by atoms with E-state index in [-0.39, 0.29) is 0 Å². The second-order valence-electron chi connectivity index (χ2n) is 4.26. The van der Waals surface area contributed by atoms with E-state index in [1.54, 1.807) is 11.8 Å². The Balaban J connectivity index is 1.82. The van der Waals surface area contributed by atoms with Crippen LogP contribution in [0.25, 0.3) is 0 Å². The van der Waals surface area contributed by atoms with Gasteiger partial charge in [-0.05, 0) is 35.9 Å². The Hall–Kier alpha value is -1.65. The summed E-state index contributed by atoms with van der Waals surface area (Å²) in [7, 11) is 0. The minimum atomic E-state index is 0.565.